The van der Waals surface area contributed by atoms with Gasteiger partial charge in [0.15, 0.2) is 0 Å². The molecule has 1 heterocycles. The lowest BCUT2D eigenvalue weighted by Crippen LogP contribution is -2.46. The van der Waals surface area contributed by atoms with Gasteiger partial charge in [0.05, 0.1) is 0 Å². The molecule has 1 atom stereocenters. The second kappa shape index (κ2) is 8.67. The van der Waals surface area contributed by atoms with E-state index in [1.165, 1.54) is 0 Å². The fourth-order valence-electron chi connectivity index (χ4n) is 2.73. The normalized spacial score (nSPS) is 12.1. The summed E-state index contributed by atoms with van der Waals surface area (Å²) in [6.07, 6.45) is -0.403. The maximum atomic E-state index is 11.5. The fourth-order valence-corrected chi connectivity index (χ4v) is 3.40. The average molecular weight is 361 g/mol. The molecule has 1 aromatic carbocycles. The van der Waals surface area contributed by atoms with Crippen LogP contribution in [0.2, 0.25) is 0 Å². The van der Waals surface area contributed by atoms with Crippen LogP contribution in [0.1, 0.15) is 25.8 Å². The van der Waals surface area contributed by atoms with E-state index in [1.54, 1.807) is 11.3 Å². The van der Waals surface area contributed by atoms with E-state index in [1.807, 2.05) is 43.5 Å². The molecule has 0 spiro atoms. The zero-order chi connectivity index (χ0) is 18.4. The minimum Gasteiger partial charge on any atom is -0.480 e. The monoisotopic (exact) mass is 361 g/mol. The predicted octanol–water partition coefficient (Wildman–Crippen LogP) is 4.44. The summed E-state index contributed by atoms with van der Waals surface area (Å²) >= 11 is 1.64. The van der Waals surface area contributed by atoms with Crippen LogP contribution in [0.25, 0.3) is 11.1 Å². The Hall–Kier alpha value is -2.34. The Balaban J connectivity index is 2.05. The van der Waals surface area contributed by atoms with Gasteiger partial charge < -0.3 is 10.2 Å². The maximum Gasteiger partial charge on any atom is 0.408 e. The van der Waals surface area contributed by atoms with E-state index in [0.29, 0.717) is 12.8 Å². The van der Waals surface area contributed by atoms with E-state index < -0.39 is 18.1 Å². The van der Waals surface area contributed by atoms with E-state index in [0.717, 1.165) is 21.6 Å². The largest absolute Gasteiger partial charge is 0.480 e. The lowest BCUT2D eigenvalue weighted by atomic mass is 10.0. The van der Waals surface area contributed by atoms with Crippen LogP contribution in [0.15, 0.2) is 41.1 Å². The first-order chi connectivity index (χ1) is 11.9. The van der Waals surface area contributed by atoms with Crippen molar-refractivity contribution in [2.24, 2.45) is 5.92 Å². The first-order valence-corrected chi connectivity index (χ1v) is 9.16. The lowest BCUT2D eigenvalue weighted by Gasteiger charge is -2.27. The molecule has 2 aromatic rings. The third-order valence-electron chi connectivity index (χ3n) is 4.05. The molecule has 0 aliphatic carbocycles. The van der Waals surface area contributed by atoms with Crippen molar-refractivity contribution < 1.29 is 19.8 Å². The molecule has 0 radical (unpaired) electrons. The van der Waals surface area contributed by atoms with Crippen LogP contribution >= 0.6 is 11.3 Å². The molecule has 0 aliphatic rings. The van der Waals surface area contributed by atoms with E-state index in [9.17, 15) is 19.8 Å². The number of benzene rings is 1. The Morgan fingerprint density at radius 3 is 2.24 bits per heavy atom. The zero-order valence-corrected chi connectivity index (χ0v) is 15.2. The molecular weight excluding hydrogens is 338 g/mol. The van der Waals surface area contributed by atoms with Crippen molar-refractivity contribution in [1.82, 2.24) is 4.90 Å². The molecular formula is C19H23NO4S. The van der Waals surface area contributed by atoms with Crippen molar-refractivity contribution in [3.8, 4) is 11.1 Å². The number of carboxylic acid groups (broad SMARTS) is 2. The van der Waals surface area contributed by atoms with E-state index in [2.05, 4.69) is 11.4 Å². The van der Waals surface area contributed by atoms with E-state index in [-0.39, 0.29) is 12.5 Å². The topological polar surface area (TPSA) is 77.8 Å². The van der Waals surface area contributed by atoms with Crippen LogP contribution in [0.4, 0.5) is 4.79 Å². The number of thiophene rings is 1. The summed E-state index contributed by atoms with van der Waals surface area (Å²) in [5.41, 5.74) is 3.26. The van der Waals surface area contributed by atoms with Crippen LogP contribution in [-0.4, -0.2) is 39.8 Å². The number of hydrogen-bond donors (Lipinski definition) is 2. The van der Waals surface area contributed by atoms with Gasteiger partial charge in [0.25, 0.3) is 0 Å². The van der Waals surface area contributed by atoms with Gasteiger partial charge in [0, 0.05) is 6.54 Å². The number of aliphatic carboxylic acids is 1. The highest BCUT2D eigenvalue weighted by Gasteiger charge is 2.29. The molecule has 1 unspecified atom stereocenters. The summed E-state index contributed by atoms with van der Waals surface area (Å²) in [6, 6.07) is 8.98. The van der Waals surface area contributed by atoms with Gasteiger partial charge in [-0.3, -0.25) is 4.90 Å². The number of hydrogen-bond acceptors (Lipinski definition) is 3. The second-order valence-electron chi connectivity index (χ2n) is 6.42. The molecule has 0 aliphatic heterocycles. The van der Waals surface area contributed by atoms with Gasteiger partial charge in [0.2, 0.25) is 0 Å². The molecule has 0 saturated carbocycles. The fraction of sp³-hybridized carbons (Fsp3) is 0.368. The van der Waals surface area contributed by atoms with Crippen LogP contribution in [0.3, 0.4) is 0 Å². The Morgan fingerprint density at radius 2 is 1.76 bits per heavy atom. The first kappa shape index (κ1) is 19.0. The number of carbonyl (C=O) groups is 2. The highest BCUT2D eigenvalue weighted by Crippen LogP contribution is 2.22. The maximum absolute atomic E-state index is 11.5. The van der Waals surface area contributed by atoms with Gasteiger partial charge in [-0.15, -0.1) is 0 Å². The van der Waals surface area contributed by atoms with Gasteiger partial charge in [-0.2, -0.15) is 11.3 Å². The molecule has 0 fully saturated rings. The minimum absolute atomic E-state index is 0.104. The summed E-state index contributed by atoms with van der Waals surface area (Å²) in [5, 5.41) is 22.9. The predicted molar refractivity (Wildman–Crippen MR) is 99.1 cm³/mol. The summed E-state index contributed by atoms with van der Waals surface area (Å²) in [6.45, 7) is 3.94. The zero-order valence-electron chi connectivity index (χ0n) is 14.4. The van der Waals surface area contributed by atoms with Crippen molar-refractivity contribution in [3.05, 3.63) is 46.7 Å². The molecule has 134 valence electrons. The van der Waals surface area contributed by atoms with Crippen molar-refractivity contribution in [1.29, 1.82) is 0 Å². The molecule has 1 aromatic heterocycles. The van der Waals surface area contributed by atoms with Crippen LogP contribution in [0, 0.1) is 5.92 Å². The van der Waals surface area contributed by atoms with Crippen LogP contribution < -0.4 is 0 Å². The van der Waals surface area contributed by atoms with Gasteiger partial charge in [-0.1, -0.05) is 38.1 Å². The van der Waals surface area contributed by atoms with Gasteiger partial charge in [-0.05, 0) is 52.3 Å². The van der Waals surface area contributed by atoms with Crippen LogP contribution in [-0.2, 0) is 11.2 Å². The first-order valence-electron chi connectivity index (χ1n) is 8.22. The Kier molecular flexibility index (Phi) is 6.58. The second-order valence-corrected chi connectivity index (χ2v) is 7.20. The molecule has 0 saturated heterocycles. The number of amides is 1. The SMILES string of the molecule is CC(C)CC(C(=O)O)N(CCc1ccc(-c2ccsc2)cc1)C(=O)O. The van der Waals surface area contributed by atoms with Crippen molar-refractivity contribution in [3.63, 3.8) is 0 Å². The van der Waals surface area contributed by atoms with Gasteiger partial charge in [-0.25, -0.2) is 9.59 Å². The van der Waals surface area contributed by atoms with Crippen molar-refractivity contribution in [2.45, 2.75) is 32.7 Å². The third-order valence-corrected chi connectivity index (χ3v) is 4.73. The number of nitrogens with zero attached hydrogens (tertiary/aromatic N) is 1. The van der Waals surface area contributed by atoms with Crippen molar-refractivity contribution in [2.75, 3.05) is 6.54 Å². The Labute approximate surface area is 151 Å². The van der Waals surface area contributed by atoms with Crippen molar-refractivity contribution >= 4 is 23.4 Å². The Bertz CT molecular complexity index is 695. The molecule has 6 heteroatoms. The third kappa shape index (κ3) is 5.32. The van der Waals surface area contributed by atoms with Crippen LogP contribution in [0.5, 0.6) is 0 Å². The highest BCUT2D eigenvalue weighted by molar-refractivity contribution is 7.08. The smallest absolute Gasteiger partial charge is 0.408 e. The molecule has 1 amide bonds. The molecule has 2 N–H and O–H groups in total. The molecule has 5 nitrogen and oxygen atoms in total. The summed E-state index contributed by atoms with van der Waals surface area (Å²) in [4.78, 5) is 24.0. The summed E-state index contributed by atoms with van der Waals surface area (Å²) in [7, 11) is 0. The number of carboxylic acids is 1. The average Bonchev–Trinajstić information content (AvgIpc) is 3.08. The number of rotatable bonds is 8. The van der Waals surface area contributed by atoms with Gasteiger partial charge in [0.1, 0.15) is 6.04 Å². The van der Waals surface area contributed by atoms with E-state index in [4.69, 9.17) is 0 Å². The van der Waals surface area contributed by atoms with E-state index >= 15 is 0 Å². The Morgan fingerprint density at radius 1 is 1.08 bits per heavy atom. The standard InChI is InChI=1S/C19H23NO4S/c1-13(2)11-17(18(21)22)20(19(23)24)9-7-14-3-5-15(6-4-14)16-8-10-25-12-16/h3-6,8,10,12-13,17H,7,9,11H2,1-2H3,(H,21,22)(H,23,24). The van der Waals surface area contributed by atoms with Gasteiger partial charge >= 0.3 is 12.1 Å². The summed E-state index contributed by atoms with van der Waals surface area (Å²) < 4.78 is 0. The summed E-state index contributed by atoms with van der Waals surface area (Å²) in [5.74, 6) is -0.989. The minimum atomic E-state index is -1.19. The molecule has 0 bridgehead atoms. The lowest BCUT2D eigenvalue weighted by molar-refractivity contribution is -0.143. The highest BCUT2D eigenvalue weighted by atomic mass is 32.1. The quantitative estimate of drug-likeness (QED) is 0.729. The molecule has 25 heavy (non-hydrogen) atoms. The molecule has 2 rings (SSSR count).